The lowest BCUT2D eigenvalue weighted by Crippen LogP contribution is -2.34. The molecule has 0 aromatic carbocycles. The van der Waals surface area contributed by atoms with E-state index in [1.807, 2.05) is 6.26 Å². The van der Waals surface area contributed by atoms with Gasteiger partial charge in [0, 0.05) is 16.6 Å². The highest BCUT2D eigenvalue weighted by Gasteiger charge is 2.39. The summed E-state index contributed by atoms with van der Waals surface area (Å²) in [5, 5.41) is 0. The van der Waals surface area contributed by atoms with Gasteiger partial charge in [0.2, 0.25) is 0 Å². The highest BCUT2D eigenvalue weighted by Crippen LogP contribution is 2.33. The standard InChI is InChI=1S/C14H24O2S/c1-2-14(9-6-10-17(14)15)12-16-11-13-7-4-3-5-8-13/h11H,2-10,12H2,1H3. The molecule has 1 aliphatic carbocycles. The van der Waals surface area contributed by atoms with E-state index in [0.29, 0.717) is 6.61 Å². The molecule has 1 saturated heterocycles. The molecule has 0 radical (unpaired) electrons. The van der Waals surface area contributed by atoms with Crippen LogP contribution >= 0.6 is 0 Å². The van der Waals surface area contributed by atoms with Crippen LogP contribution in [0, 0.1) is 0 Å². The van der Waals surface area contributed by atoms with Crippen molar-refractivity contribution in [3.8, 4) is 0 Å². The van der Waals surface area contributed by atoms with Gasteiger partial charge in [0.05, 0.1) is 11.0 Å². The largest absolute Gasteiger partial charge is 0.500 e. The Bertz CT molecular complexity index is 303. The molecule has 17 heavy (non-hydrogen) atoms. The van der Waals surface area contributed by atoms with Crippen molar-refractivity contribution in [2.45, 2.75) is 63.0 Å². The summed E-state index contributed by atoms with van der Waals surface area (Å²) in [7, 11) is -0.680. The van der Waals surface area contributed by atoms with Crippen molar-refractivity contribution >= 4 is 10.8 Å². The van der Waals surface area contributed by atoms with Gasteiger partial charge in [0.1, 0.15) is 6.61 Å². The third-order valence-electron chi connectivity index (χ3n) is 4.18. The Morgan fingerprint density at radius 3 is 2.65 bits per heavy atom. The van der Waals surface area contributed by atoms with Crippen molar-refractivity contribution in [3.05, 3.63) is 11.8 Å². The van der Waals surface area contributed by atoms with Gasteiger partial charge in [-0.3, -0.25) is 4.21 Å². The zero-order valence-electron chi connectivity index (χ0n) is 10.9. The molecule has 1 heterocycles. The molecule has 0 aromatic rings. The maximum absolute atomic E-state index is 12.0. The molecule has 1 aliphatic heterocycles. The maximum atomic E-state index is 12.0. The Kier molecular flexibility index (Phi) is 4.66. The van der Waals surface area contributed by atoms with Gasteiger partial charge in [0.15, 0.2) is 0 Å². The first-order valence-corrected chi connectivity index (χ1v) is 8.27. The first-order chi connectivity index (χ1) is 8.27. The van der Waals surface area contributed by atoms with E-state index in [0.717, 1.165) is 25.0 Å². The average Bonchev–Trinajstić information content (AvgIpc) is 2.73. The number of allylic oxidation sites excluding steroid dienone is 1. The fourth-order valence-electron chi connectivity index (χ4n) is 2.87. The summed E-state index contributed by atoms with van der Waals surface area (Å²) in [5.74, 6) is 0.869. The van der Waals surface area contributed by atoms with E-state index in [1.54, 1.807) is 0 Å². The second kappa shape index (κ2) is 6.03. The van der Waals surface area contributed by atoms with E-state index in [9.17, 15) is 4.21 Å². The molecule has 0 N–H and O–H groups in total. The minimum Gasteiger partial charge on any atom is -0.500 e. The van der Waals surface area contributed by atoms with E-state index < -0.39 is 10.8 Å². The SMILES string of the molecule is CCC1(COC=C2CCCCC2)CCCS1=O. The third kappa shape index (κ3) is 3.12. The summed E-state index contributed by atoms with van der Waals surface area (Å²) < 4.78 is 17.7. The summed E-state index contributed by atoms with van der Waals surface area (Å²) in [6, 6.07) is 0. The van der Waals surface area contributed by atoms with Crippen LogP contribution in [0.25, 0.3) is 0 Å². The molecule has 0 spiro atoms. The van der Waals surface area contributed by atoms with E-state index in [4.69, 9.17) is 4.74 Å². The van der Waals surface area contributed by atoms with E-state index in [-0.39, 0.29) is 4.75 Å². The molecule has 0 aromatic heterocycles. The summed E-state index contributed by atoms with van der Waals surface area (Å²) in [6.45, 7) is 2.79. The Labute approximate surface area is 107 Å². The number of hydrogen-bond acceptors (Lipinski definition) is 2. The number of ether oxygens (including phenoxy) is 1. The highest BCUT2D eigenvalue weighted by atomic mass is 32.2. The first-order valence-electron chi connectivity index (χ1n) is 6.95. The molecule has 2 rings (SSSR count). The highest BCUT2D eigenvalue weighted by molar-refractivity contribution is 7.86. The zero-order valence-corrected chi connectivity index (χ0v) is 11.7. The van der Waals surface area contributed by atoms with Gasteiger partial charge in [-0.05, 0) is 50.5 Å². The maximum Gasteiger partial charge on any atom is 0.104 e. The van der Waals surface area contributed by atoms with Gasteiger partial charge in [-0.25, -0.2) is 0 Å². The Hall–Kier alpha value is -0.310. The molecular formula is C14H24O2S. The molecule has 1 saturated carbocycles. The lowest BCUT2D eigenvalue weighted by atomic mass is 9.96. The van der Waals surface area contributed by atoms with E-state index in [1.165, 1.54) is 37.7 Å². The fraction of sp³-hybridized carbons (Fsp3) is 0.857. The molecule has 0 bridgehead atoms. The van der Waals surface area contributed by atoms with Crippen molar-refractivity contribution in [3.63, 3.8) is 0 Å². The number of rotatable bonds is 4. The predicted molar refractivity (Wildman–Crippen MR) is 72.4 cm³/mol. The summed E-state index contributed by atoms with van der Waals surface area (Å²) in [6.07, 6.45) is 11.5. The van der Waals surface area contributed by atoms with Gasteiger partial charge in [-0.1, -0.05) is 13.3 Å². The van der Waals surface area contributed by atoms with Crippen LogP contribution in [0.5, 0.6) is 0 Å². The fourth-order valence-corrected chi connectivity index (χ4v) is 4.60. The van der Waals surface area contributed by atoms with Crippen LogP contribution in [0.1, 0.15) is 58.3 Å². The molecule has 2 atom stereocenters. The van der Waals surface area contributed by atoms with Gasteiger partial charge < -0.3 is 4.74 Å². The quantitative estimate of drug-likeness (QED) is 0.719. The molecule has 2 unspecified atom stereocenters. The van der Waals surface area contributed by atoms with Crippen molar-refractivity contribution in [2.24, 2.45) is 0 Å². The Morgan fingerprint density at radius 1 is 1.29 bits per heavy atom. The monoisotopic (exact) mass is 256 g/mol. The predicted octanol–water partition coefficient (Wildman–Crippen LogP) is 3.54. The number of hydrogen-bond donors (Lipinski definition) is 0. The molecule has 2 aliphatic rings. The van der Waals surface area contributed by atoms with Gasteiger partial charge in [-0.2, -0.15) is 0 Å². The second-order valence-electron chi connectivity index (χ2n) is 5.34. The Morgan fingerprint density at radius 2 is 2.06 bits per heavy atom. The molecule has 2 nitrogen and oxygen atoms in total. The van der Waals surface area contributed by atoms with Crippen LogP contribution < -0.4 is 0 Å². The topological polar surface area (TPSA) is 26.3 Å². The van der Waals surface area contributed by atoms with Crippen LogP contribution in [0.15, 0.2) is 11.8 Å². The minimum atomic E-state index is -0.680. The van der Waals surface area contributed by atoms with Crippen LogP contribution in [0.4, 0.5) is 0 Å². The summed E-state index contributed by atoms with van der Waals surface area (Å²) >= 11 is 0. The van der Waals surface area contributed by atoms with Gasteiger partial charge in [0.25, 0.3) is 0 Å². The van der Waals surface area contributed by atoms with Gasteiger partial charge in [-0.15, -0.1) is 0 Å². The van der Waals surface area contributed by atoms with Gasteiger partial charge >= 0.3 is 0 Å². The summed E-state index contributed by atoms with van der Waals surface area (Å²) in [4.78, 5) is 0. The summed E-state index contributed by atoms with van der Waals surface area (Å²) in [5.41, 5.74) is 1.45. The molecule has 2 fully saturated rings. The van der Waals surface area contributed by atoms with Crippen molar-refractivity contribution in [2.75, 3.05) is 12.4 Å². The second-order valence-corrected chi connectivity index (χ2v) is 7.30. The van der Waals surface area contributed by atoms with Crippen molar-refractivity contribution in [1.82, 2.24) is 0 Å². The van der Waals surface area contributed by atoms with Crippen LogP contribution in [-0.2, 0) is 15.5 Å². The van der Waals surface area contributed by atoms with E-state index in [2.05, 4.69) is 6.92 Å². The third-order valence-corrected chi connectivity index (χ3v) is 6.42. The minimum absolute atomic E-state index is 0.0499. The average molecular weight is 256 g/mol. The first kappa shape index (κ1) is 13.1. The Balaban J connectivity index is 1.85. The zero-order chi connectivity index (χ0) is 12.1. The smallest absolute Gasteiger partial charge is 0.104 e. The van der Waals surface area contributed by atoms with Crippen LogP contribution in [0.3, 0.4) is 0 Å². The molecule has 0 amide bonds. The van der Waals surface area contributed by atoms with Crippen molar-refractivity contribution in [1.29, 1.82) is 0 Å². The van der Waals surface area contributed by atoms with Crippen molar-refractivity contribution < 1.29 is 8.95 Å². The molecule has 3 heteroatoms. The molecular weight excluding hydrogens is 232 g/mol. The normalized spacial score (nSPS) is 33.7. The lowest BCUT2D eigenvalue weighted by molar-refractivity contribution is 0.200. The lowest BCUT2D eigenvalue weighted by Gasteiger charge is -2.25. The van der Waals surface area contributed by atoms with Crippen LogP contribution in [-0.4, -0.2) is 21.3 Å². The van der Waals surface area contributed by atoms with E-state index >= 15 is 0 Å². The van der Waals surface area contributed by atoms with Crippen LogP contribution in [0.2, 0.25) is 0 Å². The molecule has 98 valence electrons.